The van der Waals surface area contributed by atoms with Crippen LogP contribution in [0, 0.1) is 11.3 Å². The SMILES string of the molecule is CC(N)C1CCC(C(N)=O)(C(=O)Nc2ccncc2)CC1. The Kier molecular flexibility index (Phi) is 4.57. The van der Waals surface area contributed by atoms with E-state index in [0.717, 1.165) is 12.8 Å². The lowest BCUT2D eigenvalue weighted by atomic mass is 9.68. The minimum Gasteiger partial charge on any atom is -0.369 e. The van der Waals surface area contributed by atoms with Gasteiger partial charge in [-0.1, -0.05) is 0 Å². The number of carbonyl (C=O) groups excluding carboxylic acids is 2. The van der Waals surface area contributed by atoms with Gasteiger partial charge in [-0.25, -0.2) is 0 Å². The Labute approximate surface area is 124 Å². The summed E-state index contributed by atoms with van der Waals surface area (Å²) in [6.45, 7) is 1.96. The fourth-order valence-corrected chi connectivity index (χ4v) is 2.93. The van der Waals surface area contributed by atoms with Crippen LogP contribution in [-0.2, 0) is 9.59 Å². The average molecular weight is 290 g/mol. The summed E-state index contributed by atoms with van der Waals surface area (Å²) in [5, 5.41) is 2.77. The molecule has 0 aromatic carbocycles. The van der Waals surface area contributed by atoms with Gasteiger partial charge in [-0.3, -0.25) is 14.6 Å². The number of nitrogens with zero attached hydrogens (tertiary/aromatic N) is 1. The second-order valence-corrected chi connectivity index (χ2v) is 5.83. The fraction of sp³-hybridized carbons (Fsp3) is 0.533. The highest BCUT2D eigenvalue weighted by Gasteiger charge is 2.47. The third-order valence-electron chi connectivity index (χ3n) is 4.47. The summed E-state index contributed by atoms with van der Waals surface area (Å²) in [6, 6.07) is 3.43. The minimum absolute atomic E-state index is 0.0686. The largest absolute Gasteiger partial charge is 0.369 e. The lowest BCUT2D eigenvalue weighted by molar-refractivity contribution is -0.141. The van der Waals surface area contributed by atoms with E-state index in [9.17, 15) is 9.59 Å². The van der Waals surface area contributed by atoms with Crippen molar-refractivity contribution in [3.8, 4) is 0 Å². The van der Waals surface area contributed by atoms with Gasteiger partial charge in [0.15, 0.2) is 0 Å². The summed E-state index contributed by atoms with van der Waals surface area (Å²) < 4.78 is 0. The number of anilines is 1. The Balaban J connectivity index is 2.12. The van der Waals surface area contributed by atoms with Crippen LogP contribution in [-0.4, -0.2) is 22.8 Å². The molecule has 1 aliphatic carbocycles. The Hall–Kier alpha value is -1.95. The number of nitrogens with two attached hydrogens (primary N) is 2. The first kappa shape index (κ1) is 15.4. The summed E-state index contributed by atoms with van der Waals surface area (Å²) in [4.78, 5) is 28.3. The molecule has 0 saturated heterocycles. The standard InChI is InChI=1S/C15H22N4O2/c1-10(16)11-2-6-15(7-3-11,13(17)20)14(21)19-12-4-8-18-9-5-12/h4-5,8-11H,2-3,6-7,16H2,1H3,(H2,17,20)(H,18,19,21). The number of hydrogen-bond acceptors (Lipinski definition) is 4. The number of nitrogens with one attached hydrogen (secondary N) is 1. The molecule has 114 valence electrons. The first-order valence-corrected chi connectivity index (χ1v) is 7.22. The van der Waals surface area contributed by atoms with Gasteiger partial charge in [0.2, 0.25) is 11.8 Å². The van der Waals surface area contributed by atoms with Crippen LogP contribution < -0.4 is 16.8 Å². The van der Waals surface area contributed by atoms with Crippen molar-refractivity contribution in [2.45, 2.75) is 38.6 Å². The molecule has 1 aromatic rings. The van der Waals surface area contributed by atoms with Crippen molar-refractivity contribution in [3.63, 3.8) is 0 Å². The smallest absolute Gasteiger partial charge is 0.240 e. The van der Waals surface area contributed by atoms with Gasteiger partial charge in [0.25, 0.3) is 0 Å². The molecular weight excluding hydrogens is 268 g/mol. The minimum atomic E-state index is -1.13. The zero-order valence-corrected chi connectivity index (χ0v) is 12.2. The Morgan fingerprint density at radius 2 is 1.90 bits per heavy atom. The summed E-state index contributed by atoms with van der Waals surface area (Å²) in [5.74, 6) is -0.548. The molecule has 1 unspecified atom stereocenters. The normalized spacial score (nSPS) is 26.9. The van der Waals surface area contributed by atoms with Crippen LogP contribution in [0.25, 0.3) is 0 Å². The van der Waals surface area contributed by atoms with Gasteiger partial charge in [0, 0.05) is 24.1 Å². The van der Waals surface area contributed by atoms with Crippen LogP contribution in [0.5, 0.6) is 0 Å². The molecule has 0 spiro atoms. The molecule has 2 amide bonds. The first-order valence-electron chi connectivity index (χ1n) is 7.22. The van der Waals surface area contributed by atoms with Crippen LogP contribution >= 0.6 is 0 Å². The van der Waals surface area contributed by atoms with Gasteiger partial charge in [0.1, 0.15) is 5.41 Å². The molecule has 6 heteroatoms. The molecule has 0 aliphatic heterocycles. The van der Waals surface area contributed by atoms with E-state index in [-0.39, 0.29) is 11.9 Å². The van der Waals surface area contributed by atoms with Gasteiger partial charge >= 0.3 is 0 Å². The quantitative estimate of drug-likeness (QED) is 0.719. The molecule has 1 aliphatic rings. The molecule has 5 N–H and O–H groups in total. The zero-order chi connectivity index (χ0) is 15.5. The maximum absolute atomic E-state index is 12.5. The van der Waals surface area contributed by atoms with Crippen LogP contribution in [0.15, 0.2) is 24.5 Å². The van der Waals surface area contributed by atoms with E-state index < -0.39 is 11.3 Å². The lowest BCUT2D eigenvalue weighted by Gasteiger charge is -2.37. The Morgan fingerprint density at radius 1 is 1.33 bits per heavy atom. The van der Waals surface area contributed by atoms with Crippen molar-refractivity contribution in [1.82, 2.24) is 4.98 Å². The average Bonchev–Trinajstić information content (AvgIpc) is 2.48. The number of amides is 2. The van der Waals surface area contributed by atoms with E-state index in [1.807, 2.05) is 6.92 Å². The Morgan fingerprint density at radius 3 is 2.38 bits per heavy atom. The van der Waals surface area contributed by atoms with E-state index in [1.165, 1.54) is 0 Å². The summed E-state index contributed by atoms with van der Waals surface area (Å²) in [5.41, 5.74) is 10.9. The highest BCUT2D eigenvalue weighted by atomic mass is 16.2. The fourth-order valence-electron chi connectivity index (χ4n) is 2.93. The van der Waals surface area contributed by atoms with Crippen LogP contribution in [0.4, 0.5) is 5.69 Å². The summed E-state index contributed by atoms with van der Waals surface area (Å²) >= 11 is 0. The molecule has 1 fully saturated rings. The number of rotatable bonds is 4. The molecule has 0 radical (unpaired) electrons. The molecule has 1 heterocycles. The van der Waals surface area contributed by atoms with Gasteiger partial charge in [-0.05, 0) is 50.7 Å². The molecule has 1 atom stereocenters. The number of primary amides is 1. The maximum Gasteiger partial charge on any atom is 0.240 e. The second kappa shape index (κ2) is 6.22. The Bertz CT molecular complexity index is 508. The van der Waals surface area contributed by atoms with E-state index in [0.29, 0.717) is 24.4 Å². The molecule has 1 saturated carbocycles. The lowest BCUT2D eigenvalue weighted by Crippen LogP contribution is -2.50. The van der Waals surface area contributed by atoms with Crippen molar-refractivity contribution < 1.29 is 9.59 Å². The van der Waals surface area contributed by atoms with Gasteiger partial charge in [-0.15, -0.1) is 0 Å². The number of hydrogen-bond donors (Lipinski definition) is 3. The van der Waals surface area contributed by atoms with Gasteiger partial charge < -0.3 is 16.8 Å². The molecule has 1 aromatic heterocycles. The predicted molar refractivity (Wildman–Crippen MR) is 80.1 cm³/mol. The highest BCUT2D eigenvalue weighted by Crippen LogP contribution is 2.40. The first-order chi connectivity index (χ1) is 9.95. The summed E-state index contributed by atoms with van der Waals surface area (Å²) in [7, 11) is 0. The van der Waals surface area contributed by atoms with Crippen LogP contribution in [0.1, 0.15) is 32.6 Å². The van der Waals surface area contributed by atoms with Crippen molar-refractivity contribution >= 4 is 17.5 Å². The highest BCUT2D eigenvalue weighted by molar-refractivity contribution is 6.10. The summed E-state index contributed by atoms with van der Waals surface area (Å²) in [6.07, 6.45) is 5.55. The number of pyridine rings is 1. The molecule has 21 heavy (non-hydrogen) atoms. The van der Waals surface area contributed by atoms with Crippen molar-refractivity contribution in [2.75, 3.05) is 5.32 Å². The number of carbonyl (C=O) groups is 2. The van der Waals surface area contributed by atoms with E-state index in [4.69, 9.17) is 11.5 Å². The van der Waals surface area contributed by atoms with Crippen molar-refractivity contribution in [2.24, 2.45) is 22.8 Å². The van der Waals surface area contributed by atoms with E-state index in [1.54, 1.807) is 24.5 Å². The van der Waals surface area contributed by atoms with Crippen molar-refractivity contribution in [3.05, 3.63) is 24.5 Å². The maximum atomic E-state index is 12.5. The van der Waals surface area contributed by atoms with Crippen LogP contribution in [0.3, 0.4) is 0 Å². The second-order valence-electron chi connectivity index (χ2n) is 5.83. The van der Waals surface area contributed by atoms with Gasteiger partial charge in [-0.2, -0.15) is 0 Å². The molecular formula is C15H22N4O2. The third kappa shape index (κ3) is 3.21. The molecule has 0 bridgehead atoms. The number of aromatic nitrogens is 1. The monoisotopic (exact) mass is 290 g/mol. The zero-order valence-electron chi connectivity index (χ0n) is 12.2. The predicted octanol–water partition coefficient (Wildman–Crippen LogP) is 1.03. The molecule has 2 rings (SSSR count). The third-order valence-corrected chi connectivity index (χ3v) is 4.47. The van der Waals surface area contributed by atoms with Gasteiger partial charge in [0.05, 0.1) is 0 Å². The van der Waals surface area contributed by atoms with E-state index in [2.05, 4.69) is 10.3 Å². The van der Waals surface area contributed by atoms with Crippen molar-refractivity contribution in [1.29, 1.82) is 0 Å². The van der Waals surface area contributed by atoms with E-state index >= 15 is 0 Å². The molecule has 6 nitrogen and oxygen atoms in total. The van der Waals surface area contributed by atoms with Crippen LogP contribution in [0.2, 0.25) is 0 Å². The topological polar surface area (TPSA) is 111 Å².